The molecule has 0 aliphatic rings. The molecule has 55 heavy (non-hydrogen) atoms. The van der Waals surface area contributed by atoms with Crippen LogP contribution in [0.3, 0.4) is 0 Å². The maximum atomic E-state index is 14.2. The number of imidazole rings is 1. The van der Waals surface area contributed by atoms with Crippen LogP contribution in [0.15, 0.2) is 116 Å². The van der Waals surface area contributed by atoms with Crippen molar-refractivity contribution in [1.29, 1.82) is 0 Å². The first-order chi connectivity index (χ1) is 26.5. The molecular weight excluding hydrogens is 719 g/mol. The largest absolute Gasteiger partial charge is 0.445 e. The van der Waals surface area contributed by atoms with E-state index in [1.165, 1.54) is 6.33 Å². The van der Waals surface area contributed by atoms with Gasteiger partial charge in [0.1, 0.15) is 30.6 Å². The van der Waals surface area contributed by atoms with Crippen LogP contribution in [0.2, 0.25) is 0 Å². The molecule has 1 heterocycles. The van der Waals surface area contributed by atoms with E-state index in [1.807, 2.05) is 97.9 Å². The predicted molar refractivity (Wildman–Crippen MR) is 210 cm³/mol. The number of benzene rings is 4. The average Bonchev–Trinajstić information content (AvgIpc) is 3.71. The Morgan fingerprint density at radius 1 is 0.800 bits per heavy atom. The van der Waals surface area contributed by atoms with Crippen molar-refractivity contribution in [3.05, 3.63) is 138 Å². The van der Waals surface area contributed by atoms with E-state index in [0.717, 1.165) is 27.5 Å². The van der Waals surface area contributed by atoms with Crippen LogP contribution in [-0.4, -0.2) is 62.7 Å². The number of alkyl carbamates (subject to hydrolysis) is 1. The van der Waals surface area contributed by atoms with E-state index < -0.39 is 61.1 Å². The van der Waals surface area contributed by atoms with Crippen molar-refractivity contribution in [2.24, 2.45) is 5.92 Å². The fourth-order valence-corrected chi connectivity index (χ4v) is 8.22. The fourth-order valence-electron chi connectivity index (χ4n) is 6.17. The molecule has 0 bridgehead atoms. The van der Waals surface area contributed by atoms with Crippen molar-refractivity contribution in [1.82, 2.24) is 31.2 Å². The number of fused-ring (bicyclic) bond motifs is 1. The second-order valence-electron chi connectivity index (χ2n) is 13.4. The Bertz CT molecular complexity index is 2080. The highest BCUT2D eigenvalue weighted by molar-refractivity contribution is 7.59. The van der Waals surface area contributed by atoms with Crippen molar-refractivity contribution in [2.75, 3.05) is 6.16 Å². The van der Waals surface area contributed by atoms with Crippen molar-refractivity contribution in [2.45, 2.75) is 64.1 Å². The van der Waals surface area contributed by atoms with Gasteiger partial charge in [0.2, 0.25) is 25.1 Å². The quantitative estimate of drug-likeness (QED) is 0.0656. The Morgan fingerprint density at radius 3 is 2.13 bits per heavy atom. The Labute approximate surface area is 320 Å². The number of nitrogens with zero attached hydrogens (tertiary/aromatic N) is 1. The zero-order valence-electron chi connectivity index (χ0n) is 30.8. The normalized spacial score (nSPS) is 14.4. The first-order valence-corrected chi connectivity index (χ1v) is 20.1. The Morgan fingerprint density at radius 2 is 1.44 bits per heavy atom. The van der Waals surface area contributed by atoms with Gasteiger partial charge in [-0.05, 0) is 33.4 Å². The molecule has 0 saturated heterocycles. The Hall–Kier alpha value is -5.78. The van der Waals surface area contributed by atoms with E-state index in [2.05, 4.69) is 31.2 Å². The van der Waals surface area contributed by atoms with Gasteiger partial charge in [-0.2, -0.15) is 0 Å². The first kappa shape index (κ1) is 40.4. The lowest BCUT2D eigenvalue weighted by Crippen LogP contribution is -2.56. The van der Waals surface area contributed by atoms with Crippen LogP contribution in [0.25, 0.3) is 10.8 Å². The topological polar surface area (TPSA) is 192 Å². The molecule has 4 aromatic carbocycles. The lowest BCUT2D eigenvalue weighted by Gasteiger charge is -2.31. The molecule has 5 atom stereocenters. The number of ether oxygens (including phenoxy) is 1. The smallest absolute Gasteiger partial charge is 0.408 e. The number of nitrogens with one attached hydrogen (secondary N) is 5. The summed E-state index contributed by atoms with van der Waals surface area (Å²) in [5.74, 6) is -3.89. The number of carbonyl (C=O) groups is 4. The van der Waals surface area contributed by atoms with Crippen molar-refractivity contribution in [3.8, 4) is 0 Å². The van der Waals surface area contributed by atoms with Crippen LogP contribution >= 0.6 is 7.37 Å². The molecule has 6 N–H and O–H groups in total. The molecule has 14 heteroatoms. The van der Waals surface area contributed by atoms with Crippen molar-refractivity contribution in [3.63, 3.8) is 0 Å². The highest BCUT2D eigenvalue weighted by Gasteiger charge is 2.39. The minimum absolute atomic E-state index is 0.0258. The maximum Gasteiger partial charge on any atom is 0.408 e. The first-order valence-electron chi connectivity index (χ1n) is 18.2. The third-order valence-electron chi connectivity index (χ3n) is 9.34. The molecule has 0 fully saturated rings. The van der Waals surface area contributed by atoms with E-state index in [-0.39, 0.29) is 26.0 Å². The van der Waals surface area contributed by atoms with E-state index in [1.54, 1.807) is 25.3 Å². The maximum absolute atomic E-state index is 14.2. The van der Waals surface area contributed by atoms with Gasteiger partial charge in [0, 0.05) is 25.6 Å². The summed E-state index contributed by atoms with van der Waals surface area (Å²) in [6.45, 7) is 3.67. The molecule has 288 valence electrons. The molecule has 0 spiro atoms. The van der Waals surface area contributed by atoms with Gasteiger partial charge in [-0.25, -0.2) is 9.78 Å². The van der Waals surface area contributed by atoms with Crippen LogP contribution in [0, 0.1) is 5.92 Å². The van der Waals surface area contributed by atoms with Gasteiger partial charge in [0.25, 0.3) is 0 Å². The second-order valence-corrected chi connectivity index (χ2v) is 15.8. The third kappa shape index (κ3) is 11.9. The summed E-state index contributed by atoms with van der Waals surface area (Å²) in [4.78, 5) is 72.7. The van der Waals surface area contributed by atoms with E-state index >= 15 is 0 Å². The second kappa shape index (κ2) is 19.5. The number of hydrogen-bond donors (Lipinski definition) is 6. The third-order valence-corrected chi connectivity index (χ3v) is 11.6. The number of aromatic amines is 1. The molecule has 0 saturated carbocycles. The summed E-state index contributed by atoms with van der Waals surface area (Å²) in [6.07, 6.45) is 1.84. The SMILES string of the molecule is CCC(C)C(NC(=O)[C@H](Cc1c[nH]cn1)NC(=O)[C@@H](Cc1cccc2ccccc12)NC(=O)OCc1ccccc1)P(=O)(O)CC(=O)NCc1ccccc1. The summed E-state index contributed by atoms with van der Waals surface area (Å²) >= 11 is 0. The van der Waals surface area contributed by atoms with Gasteiger partial charge < -0.3 is 35.9 Å². The van der Waals surface area contributed by atoms with Gasteiger partial charge in [0.05, 0.1) is 12.0 Å². The Balaban J connectivity index is 1.36. The summed E-state index contributed by atoms with van der Waals surface area (Å²) in [5.41, 5.74) is 2.80. The van der Waals surface area contributed by atoms with Gasteiger partial charge >= 0.3 is 6.09 Å². The summed E-state index contributed by atoms with van der Waals surface area (Å²) in [7, 11) is -4.34. The van der Waals surface area contributed by atoms with Gasteiger partial charge in [-0.15, -0.1) is 0 Å². The Kier molecular flexibility index (Phi) is 14.3. The molecule has 0 aliphatic heterocycles. The monoisotopic (exact) mass is 766 g/mol. The number of carbonyl (C=O) groups excluding carboxylic acids is 4. The minimum Gasteiger partial charge on any atom is -0.445 e. The number of hydrogen-bond acceptors (Lipinski definition) is 7. The van der Waals surface area contributed by atoms with E-state index in [0.29, 0.717) is 12.1 Å². The number of rotatable bonds is 18. The molecule has 0 radical (unpaired) electrons. The zero-order chi connectivity index (χ0) is 39.2. The summed E-state index contributed by atoms with van der Waals surface area (Å²) in [6, 6.07) is 29.1. The average molecular weight is 767 g/mol. The van der Waals surface area contributed by atoms with Gasteiger partial charge in [0.15, 0.2) is 0 Å². The van der Waals surface area contributed by atoms with Crippen molar-refractivity contribution >= 4 is 42.0 Å². The zero-order valence-corrected chi connectivity index (χ0v) is 31.7. The van der Waals surface area contributed by atoms with Gasteiger partial charge in [-0.1, -0.05) is 123 Å². The van der Waals surface area contributed by atoms with Crippen molar-refractivity contribution < 1.29 is 33.4 Å². The predicted octanol–water partition coefficient (Wildman–Crippen LogP) is 5.20. The van der Waals surface area contributed by atoms with Crippen LogP contribution in [0.5, 0.6) is 0 Å². The molecule has 3 unspecified atom stereocenters. The number of H-pyrrole nitrogens is 1. The van der Waals surface area contributed by atoms with Crippen LogP contribution in [-0.2, 0) is 49.7 Å². The molecular formula is C41H47N6O7P. The highest BCUT2D eigenvalue weighted by Crippen LogP contribution is 2.48. The van der Waals surface area contributed by atoms with Crippen LogP contribution < -0.4 is 21.3 Å². The molecule has 4 amide bonds. The van der Waals surface area contributed by atoms with Crippen LogP contribution in [0.4, 0.5) is 4.79 Å². The fraction of sp³-hybridized carbons (Fsp3) is 0.293. The molecule has 5 aromatic rings. The molecule has 5 rings (SSSR count). The summed E-state index contributed by atoms with van der Waals surface area (Å²) < 4.78 is 19.3. The minimum atomic E-state index is -4.34. The van der Waals surface area contributed by atoms with Gasteiger partial charge in [-0.3, -0.25) is 18.9 Å². The van der Waals surface area contributed by atoms with Crippen LogP contribution in [0.1, 0.15) is 42.7 Å². The molecule has 13 nitrogen and oxygen atoms in total. The van der Waals surface area contributed by atoms with E-state index in [9.17, 15) is 28.6 Å². The summed E-state index contributed by atoms with van der Waals surface area (Å²) in [5, 5.41) is 12.7. The standard InChI is InChI=1S/C41H47N6O7P/c1-3-28(2)40(55(52,53)26-37(48)43-23-29-13-6-4-7-14-29)47-39(50)36(22-33-24-42-27-44-33)45-38(49)35(46-41(51)54-25-30-15-8-5-9-16-30)21-32-19-12-18-31-17-10-11-20-34(31)32/h4-20,24,27-28,35-36,40H,3,21-23,25-26H2,1-2H3,(H,42,44)(H,43,48)(H,45,49)(H,46,51)(H,47,50)(H,52,53)/t28?,35-,36+,40?/m1/s1. The lowest BCUT2D eigenvalue weighted by molar-refractivity contribution is -0.130. The molecule has 0 aliphatic carbocycles. The number of aromatic nitrogens is 2. The highest BCUT2D eigenvalue weighted by atomic mass is 31.2. The molecule has 1 aromatic heterocycles. The van der Waals surface area contributed by atoms with E-state index in [4.69, 9.17) is 4.74 Å². The number of amides is 4. The lowest BCUT2D eigenvalue weighted by atomic mass is 9.98.